The van der Waals surface area contributed by atoms with Gasteiger partial charge in [0.15, 0.2) is 5.82 Å². The molecule has 1 aliphatic rings. The highest BCUT2D eigenvalue weighted by Gasteiger charge is 2.20. The number of aromatic amines is 1. The molecule has 0 unspecified atom stereocenters. The Labute approximate surface area is 184 Å². The maximum absolute atomic E-state index is 12.4. The van der Waals surface area contributed by atoms with Gasteiger partial charge < -0.3 is 15.6 Å². The topological polar surface area (TPSA) is 99.8 Å². The van der Waals surface area contributed by atoms with E-state index in [0.717, 1.165) is 28.9 Å². The maximum Gasteiger partial charge on any atom is 0.253 e. The zero-order valence-corrected chi connectivity index (χ0v) is 17.3. The van der Waals surface area contributed by atoms with Gasteiger partial charge in [-0.15, -0.1) is 0 Å². The molecule has 158 valence electrons. The van der Waals surface area contributed by atoms with Crippen molar-refractivity contribution in [2.75, 3.05) is 6.54 Å². The third-order valence-electron chi connectivity index (χ3n) is 5.44. The van der Waals surface area contributed by atoms with Crippen LogP contribution in [0.3, 0.4) is 0 Å². The molecule has 1 aliphatic heterocycles. The van der Waals surface area contributed by atoms with Crippen molar-refractivity contribution in [3.05, 3.63) is 95.3 Å². The zero-order valence-electron chi connectivity index (χ0n) is 17.3. The Bertz CT molecular complexity index is 1280. The molecular weight excluding hydrogens is 402 g/mol. The van der Waals surface area contributed by atoms with Crippen molar-refractivity contribution in [3.63, 3.8) is 0 Å². The van der Waals surface area contributed by atoms with Crippen molar-refractivity contribution in [1.29, 1.82) is 0 Å². The first-order valence-corrected chi connectivity index (χ1v) is 10.4. The number of fused-ring (bicyclic) bond motifs is 1. The minimum atomic E-state index is -0.134. The summed E-state index contributed by atoms with van der Waals surface area (Å²) in [5.74, 6) is 0.352. The summed E-state index contributed by atoms with van der Waals surface area (Å²) < 4.78 is 0. The van der Waals surface area contributed by atoms with Crippen LogP contribution in [0.4, 0.5) is 0 Å². The fourth-order valence-corrected chi connectivity index (χ4v) is 3.73. The van der Waals surface area contributed by atoms with Gasteiger partial charge in [-0.2, -0.15) is 0 Å². The normalized spacial score (nSPS) is 12.7. The van der Waals surface area contributed by atoms with Crippen LogP contribution in [-0.2, 0) is 13.0 Å². The predicted molar refractivity (Wildman–Crippen MR) is 121 cm³/mol. The van der Waals surface area contributed by atoms with E-state index in [0.29, 0.717) is 35.7 Å². The second kappa shape index (κ2) is 8.47. The number of carbonyl (C=O) groups excluding carboxylic acids is 2. The van der Waals surface area contributed by atoms with E-state index in [1.54, 1.807) is 18.3 Å². The summed E-state index contributed by atoms with van der Waals surface area (Å²) in [5, 5.41) is 5.77. The number of hydrogen-bond acceptors (Lipinski definition) is 4. The highest BCUT2D eigenvalue weighted by Crippen LogP contribution is 2.24. The lowest BCUT2D eigenvalue weighted by molar-refractivity contribution is 0.0940. The first-order chi connectivity index (χ1) is 15.7. The number of aromatic nitrogens is 3. The number of hydrogen-bond donors (Lipinski definition) is 3. The molecule has 0 spiro atoms. The minimum Gasteiger partial charge on any atom is -0.356 e. The van der Waals surface area contributed by atoms with Crippen LogP contribution in [0.5, 0.6) is 0 Å². The Kier molecular flexibility index (Phi) is 5.21. The molecule has 3 N–H and O–H groups in total. The Balaban J connectivity index is 1.32. The van der Waals surface area contributed by atoms with Gasteiger partial charge in [0, 0.05) is 42.5 Å². The van der Waals surface area contributed by atoms with Gasteiger partial charge in [0.25, 0.3) is 11.8 Å². The molecule has 4 aromatic rings. The quantitative estimate of drug-likeness (QED) is 0.458. The molecule has 2 aromatic heterocycles. The zero-order chi connectivity index (χ0) is 21.9. The lowest BCUT2D eigenvalue weighted by Gasteiger charge is -2.10. The number of rotatable bonds is 5. The van der Waals surface area contributed by atoms with Crippen molar-refractivity contribution in [1.82, 2.24) is 25.6 Å². The molecule has 7 heteroatoms. The SMILES string of the molecule is O=C(NCc1ccccc1)c1ccc(-c2nccc(-c3cc4c([nH]3)CCNC4=O)n2)cc1. The molecule has 2 amide bonds. The minimum absolute atomic E-state index is 0.0656. The molecule has 0 bridgehead atoms. The molecule has 7 nitrogen and oxygen atoms in total. The van der Waals surface area contributed by atoms with Gasteiger partial charge in [-0.25, -0.2) is 9.97 Å². The Hall–Kier alpha value is -4.26. The lowest BCUT2D eigenvalue weighted by atomic mass is 10.1. The van der Waals surface area contributed by atoms with Crippen LogP contribution in [0.2, 0.25) is 0 Å². The average Bonchev–Trinajstić information content (AvgIpc) is 3.29. The first kappa shape index (κ1) is 19.7. The number of benzene rings is 2. The molecule has 3 heterocycles. The van der Waals surface area contributed by atoms with Crippen LogP contribution in [0.1, 0.15) is 32.0 Å². The Morgan fingerprint density at radius 1 is 1.03 bits per heavy atom. The summed E-state index contributed by atoms with van der Waals surface area (Å²) in [5.41, 5.74) is 5.51. The van der Waals surface area contributed by atoms with Crippen molar-refractivity contribution >= 4 is 11.8 Å². The predicted octanol–water partition coefficient (Wildman–Crippen LogP) is 3.35. The summed E-state index contributed by atoms with van der Waals surface area (Å²) in [6.07, 6.45) is 2.46. The molecule has 0 fully saturated rings. The van der Waals surface area contributed by atoms with Crippen LogP contribution in [0.25, 0.3) is 22.8 Å². The highest BCUT2D eigenvalue weighted by atomic mass is 16.2. The van der Waals surface area contributed by atoms with Crippen molar-refractivity contribution < 1.29 is 9.59 Å². The molecule has 32 heavy (non-hydrogen) atoms. The largest absolute Gasteiger partial charge is 0.356 e. The fourth-order valence-electron chi connectivity index (χ4n) is 3.73. The average molecular weight is 423 g/mol. The number of nitrogens with one attached hydrogen (secondary N) is 3. The molecule has 0 saturated carbocycles. The smallest absolute Gasteiger partial charge is 0.253 e. The first-order valence-electron chi connectivity index (χ1n) is 10.4. The third kappa shape index (κ3) is 4.00. The molecule has 0 atom stereocenters. The second-order valence-corrected chi connectivity index (χ2v) is 7.59. The summed E-state index contributed by atoms with van der Waals surface area (Å²) in [4.78, 5) is 36.8. The van der Waals surface area contributed by atoms with E-state index in [9.17, 15) is 9.59 Å². The molecule has 2 aromatic carbocycles. The lowest BCUT2D eigenvalue weighted by Crippen LogP contribution is -2.31. The molecule has 5 rings (SSSR count). The van der Waals surface area contributed by atoms with E-state index in [-0.39, 0.29) is 11.8 Å². The van der Waals surface area contributed by atoms with E-state index in [1.807, 2.05) is 54.6 Å². The van der Waals surface area contributed by atoms with E-state index < -0.39 is 0 Å². The van der Waals surface area contributed by atoms with Crippen molar-refractivity contribution in [2.24, 2.45) is 0 Å². The van der Waals surface area contributed by atoms with Gasteiger partial charge in [0.1, 0.15) is 0 Å². The van der Waals surface area contributed by atoms with E-state index in [1.165, 1.54) is 0 Å². The van der Waals surface area contributed by atoms with E-state index in [4.69, 9.17) is 0 Å². The number of amides is 2. The molecular formula is C25H21N5O2. The second-order valence-electron chi connectivity index (χ2n) is 7.59. The number of carbonyl (C=O) groups is 2. The molecule has 0 aliphatic carbocycles. The monoisotopic (exact) mass is 423 g/mol. The van der Waals surface area contributed by atoms with Crippen LogP contribution in [0, 0.1) is 0 Å². The van der Waals surface area contributed by atoms with E-state index >= 15 is 0 Å². The van der Waals surface area contributed by atoms with Gasteiger partial charge in [-0.05, 0) is 29.8 Å². The van der Waals surface area contributed by atoms with Crippen molar-refractivity contribution in [2.45, 2.75) is 13.0 Å². The number of H-pyrrole nitrogens is 1. The van der Waals surface area contributed by atoms with Crippen LogP contribution in [-0.4, -0.2) is 33.3 Å². The fraction of sp³-hybridized carbons (Fsp3) is 0.120. The third-order valence-corrected chi connectivity index (χ3v) is 5.44. The summed E-state index contributed by atoms with van der Waals surface area (Å²) in [6.45, 7) is 1.11. The Morgan fingerprint density at radius 2 is 1.84 bits per heavy atom. The van der Waals surface area contributed by atoms with Gasteiger partial charge in [-0.3, -0.25) is 9.59 Å². The summed E-state index contributed by atoms with van der Waals surface area (Å²) in [7, 11) is 0. The number of nitrogens with zero attached hydrogens (tertiary/aromatic N) is 2. The van der Waals surface area contributed by atoms with Gasteiger partial charge in [-0.1, -0.05) is 42.5 Å². The van der Waals surface area contributed by atoms with Gasteiger partial charge in [0.05, 0.1) is 17.0 Å². The standard InChI is InChI=1S/C25H21N5O2/c31-24(28-15-16-4-2-1-3-5-16)18-8-6-17(7-9-18)23-26-12-11-21(30-23)22-14-19-20(29-22)10-13-27-25(19)32/h1-9,11-12,14,29H,10,13,15H2,(H,27,32)(H,28,31). The van der Waals surface area contributed by atoms with Gasteiger partial charge >= 0.3 is 0 Å². The van der Waals surface area contributed by atoms with E-state index in [2.05, 4.69) is 25.6 Å². The highest BCUT2D eigenvalue weighted by molar-refractivity contribution is 5.97. The van der Waals surface area contributed by atoms with Crippen LogP contribution >= 0.6 is 0 Å². The summed E-state index contributed by atoms with van der Waals surface area (Å²) >= 11 is 0. The maximum atomic E-state index is 12.4. The van der Waals surface area contributed by atoms with Crippen LogP contribution < -0.4 is 10.6 Å². The van der Waals surface area contributed by atoms with Gasteiger partial charge in [0.2, 0.25) is 0 Å². The van der Waals surface area contributed by atoms with Crippen LogP contribution in [0.15, 0.2) is 72.9 Å². The Morgan fingerprint density at radius 3 is 2.62 bits per heavy atom. The molecule has 0 saturated heterocycles. The molecule has 0 radical (unpaired) electrons. The summed E-state index contributed by atoms with van der Waals surface area (Å²) in [6, 6.07) is 20.6. The van der Waals surface area contributed by atoms with Crippen molar-refractivity contribution in [3.8, 4) is 22.8 Å².